The van der Waals surface area contributed by atoms with E-state index in [0.717, 1.165) is 41.6 Å². The first kappa shape index (κ1) is 26.9. The van der Waals surface area contributed by atoms with Crippen LogP contribution >= 0.6 is 0 Å². The Labute approximate surface area is 225 Å². The molecule has 0 aliphatic rings. The van der Waals surface area contributed by atoms with Crippen LogP contribution in [-0.4, -0.2) is 54.8 Å². The first-order valence-corrected chi connectivity index (χ1v) is 13.1. The second-order valence-corrected chi connectivity index (χ2v) is 9.31. The molecule has 0 radical (unpaired) electrons. The molecule has 4 aromatic rings. The Kier molecular flexibility index (Phi) is 9.48. The van der Waals surface area contributed by atoms with Crippen molar-refractivity contribution >= 4 is 28.0 Å². The number of allylic oxidation sites excluding steroid dienone is 1. The van der Waals surface area contributed by atoms with Gasteiger partial charge in [-0.1, -0.05) is 61.5 Å². The van der Waals surface area contributed by atoms with E-state index in [1.165, 1.54) is 22.3 Å². The third-order valence-electron chi connectivity index (χ3n) is 6.38. The van der Waals surface area contributed by atoms with Gasteiger partial charge in [0.2, 0.25) is 5.91 Å². The molecule has 0 aliphatic carbocycles. The summed E-state index contributed by atoms with van der Waals surface area (Å²) in [7, 11) is 3.49. The fourth-order valence-electron chi connectivity index (χ4n) is 4.38. The first-order valence-electron chi connectivity index (χ1n) is 13.1. The molecule has 0 aliphatic heterocycles. The zero-order valence-corrected chi connectivity index (χ0v) is 22.4. The lowest BCUT2D eigenvalue weighted by atomic mass is 9.88. The van der Waals surface area contributed by atoms with Gasteiger partial charge in [-0.05, 0) is 71.5 Å². The van der Waals surface area contributed by atoms with Crippen molar-refractivity contribution in [1.29, 1.82) is 0 Å². The number of nitrogens with zero attached hydrogens (tertiary/aromatic N) is 2. The molecule has 0 saturated heterocycles. The zero-order chi connectivity index (χ0) is 26.7. The average molecular weight is 509 g/mol. The SMILES string of the molecule is CC/C(=C(/c1ccc(OCCCNC/C=C/C(=O)N(C)C)cc1)c1ccc2[nH]ncc2c1)c1ccccc1. The molecule has 6 heteroatoms. The molecule has 0 saturated carbocycles. The van der Waals surface area contributed by atoms with Gasteiger partial charge in [-0.15, -0.1) is 0 Å². The van der Waals surface area contributed by atoms with Crippen LogP contribution in [0.25, 0.3) is 22.0 Å². The van der Waals surface area contributed by atoms with E-state index >= 15 is 0 Å². The zero-order valence-electron chi connectivity index (χ0n) is 22.4. The molecule has 0 fully saturated rings. The van der Waals surface area contributed by atoms with E-state index in [2.05, 4.69) is 83.1 Å². The molecule has 4 rings (SSSR count). The van der Waals surface area contributed by atoms with Crippen molar-refractivity contribution in [2.24, 2.45) is 0 Å². The number of amides is 1. The predicted molar refractivity (Wildman–Crippen MR) is 156 cm³/mol. The number of carbonyl (C=O) groups is 1. The standard InChI is InChI=1S/C32H36N4O2/c1-4-29(24-10-6-5-7-11-24)32(26-15-18-30-27(22-26)23-34-35-30)25-13-16-28(17-14-25)38-21-9-20-33-19-8-12-31(37)36(2)3/h5-8,10-18,22-23,33H,4,9,19-21H2,1-3H3,(H,34,35)/b12-8+,32-29+. The largest absolute Gasteiger partial charge is 0.494 e. The molecule has 2 N–H and O–H groups in total. The maximum Gasteiger partial charge on any atom is 0.245 e. The Hall–Kier alpha value is -4.16. The molecule has 0 spiro atoms. The van der Waals surface area contributed by atoms with Crippen molar-refractivity contribution in [2.45, 2.75) is 19.8 Å². The van der Waals surface area contributed by atoms with Crippen LogP contribution in [0.15, 0.2) is 91.1 Å². The summed E-state index contributed by atoms with van der Waals surface area (Å²) in [5.41, 5.74) is 7.10. The van der Waals surface area contributed by atoms with Gasteiger partial charge >= 0.3 is 0 Å². The lowest BCUT2D eigenvalue weighted by Crippen LogP contribution is -2.20. The summed E-state index contributed by atoms with van der Waals surface area (Å²) in [6, 6.07) is 25.4. The fraction of sp³-hybridized carbons (Fsp3) is 0.250. The van der Waals surface area contributed by atoms with Crippen LogP contribution in [0.5, 0.6) is 5.75 Å². The monoisotopic (exact) mass is 508 g/mol. The predicted octanol–water partition coefficient (Wildman–Crippen LogP) is 5.93. The van der Waals surface area contributed by atoms with Crippen LogP contribution < -0.4 is 10.1 Å². The molecule has 0 atom stereocenters. The summed E-state index contributed by atoms with van der Waals surface area (Å²) in [6.45, 7) is 4.31. The van der Waals surface area contributed by atoms with E-state index in [9.17, 15) is 4.79 Å². The molecular formula is C32H36N4O2. The van der Waals surface area contributed by atoms with Crippen LogP contribution in [-0.2, 0) is 4.79 Å². The third-order valence-corrected chi connectivity index (χ3v) is 6.38. The first-order chi connectivity index (χ1) is 18.6. The van der Waals surface area contributed by atoms with Crippen molar-refractivity contribution in [2.75, 3.05) is 33.8 Å². The second kappa shape index (κ2) is 13.4. The van der Waals surface area contributed by atoms with Crippen molar-refractivity contribution in [3.63, 3.8) is 0 Å². The Bertz CT molecular complexity index is 1390. The molecular weight excluding hydrogens is 472 g/mol. The molecule has 3 aromatic carbocycles. The number of rotatable bonds is 12. The summed E-state index contributed by atoms with van der Waals surface area (Å²) in [4.78, 5) is 13.1. The number of H-pyrrole nitrogens is 1. The van der Waals surface area contributed by atoms with Gasteiger partial charge in [0.25, 0.3) is 0 Å². The lowest BCUT2D eigenvalue weighted by molar-refractivity contribution is -0.123. The minimum absolute atomic E-state index is 0.00608. The number of aromatic amines is 1. The molecule has 0 unspecified atom stereocenters. The van der Waals surface area contributed by atoms with E-state index in [1.807, 2.05) is 24.4 Å². The molecule has 1 aromatic heterocycles. The van der Waals surface area contributed by atoms with Gasteiger partial charge in [-0.3, -0.25) is 9.89 Å². The van der Waals surface area contributed by atoms with Crippen molar-refractivity contribution < 1.29 is 9.53 Å². The van der Waals surface area contributed by atoms with E-state index < -0.39 is 0 Å². The summed E-state index contributed by atoms with van der Waals surface area (Å²) >= 11 is 0. The summed E-state index contributed by atoms with van der Waals surface area (Å²) < 4.78 is 5.99. The molecule has 6 nitrogen and oxygen atoms in total. The van der Waals surface area contributed by atoms with Crippen molar-refractivity contribution in [1.82, 2.24) is 20.4 Å². The van der Waals surface area contributed by atoms with Gasteiger partial charge in [-0.2, -0.15) is 5.10 Å². The van der Waals surface area contributed by atoms with E-state index in [4.69, 9.17) is 4.74 Å². The van der Waals surface area contributed by atoms with Gasteiger partial charge in [0.1, 0.15) is 5.75 Å². The lowest BCUT2D eigenvalue weighted by Gasteiger charge is -2.17. The average Bonchev–Trinajstić information content (AvgIpc) is 3.42. The number of likely N-dealkylation sites (N-methyl/N-ethyl adjacent to an activating group) is 1. The van der Waals surface area contributed by atoms with Gasteiger partial charge in [0.05, 0.1) is 18.3 Å². The number of carbonyl (C=O) groups excluding carboxylic acids is 1. The molecule has 0 bridgehead atoms. The highest BCUT2D eigenvalue weighted by Crippen LogP contribution is 2.36. The number of aromatic nitrogens is 2. The van der Waals surface area contributed by atoms with Crippen LogP contribution in [0.2, 0.25) is 0 Å². The summed E-state index contributed by atoms with van der Waals surface area (Å²) in [5, 5.41) is 11.6. The Balaban J connectivity index is 1.45. The molecule has 196 valence electrons. The maximum absolute atomic E-state index is 11.5. The summed E-state index contributed by atoms with van der Waals surface area (Å²) in [6.07, 6.45) is 7.09. The van der Waals surface area contributed by atoms with Crippen LogP contribution in [0.3, 0.4) is 0 Å². The number of nitrogens with one attached hydrogen (secondary N) is 2. The number of benzene rings is 3. The molecule has 1 heterocycles. The van der Waals surface area contributed by atoms with Gasteiger partial charge in [-0.25, -0.2) is 0 Å². The highest BCUT2D eigenvalue weighted by molar-refractivity contribution is 6.00. The number of hydrogen-bond donors (Lipinski definition) is 2. The van der Waals surface area contributed by atoms with Crippen molar-refractivity contribution in [3.8, 4) is 5.75 Å². The third kappa shape index (κ3) is 6.99. The smallest absolute Gasteiger partial charge is 0.245 e. The van der Waals surface area contributed by atoms with Crippen LogP contribution in [0.1, 0.15) is 36.5 Å². The normalized spacial score (nSPS) is 12.1. The Morgan fingerprint density at radius 3 is 2.50 bits per heavy atom. The van der Waals surface area contributed by atoms with Gasteiger partial charge < -0.3 is 15.0 Å². The number of hydrogen-bond acceptors (Lipinski definition) is 4. The van der Waals surface area contributed by atoms with Crippen LogP contribution in [0, 0.1) is 0 Å². The number of ether oxygens (including phenoxy) is 1. The Morgan fingerprint density at radius 2 is 1.76 bits per heavy atom. The van der Waals surface area contributed by atoms with Gasteiger partial charge in [0.15, 0.2) is 0 Å². The number of fused-ring (bicyclic) bond motifs is 1. The summed E-state index contributed by atoms with van der Waals surface area (Å²) in [5.74, 6) is 0.848. The minimum Gasteiger partial charge on any atom is -0.494 e. The minimum atomic E-state index is -0.00608. The molecule has 38 heavy (non-hydrogen) atoms. The fourth-order valence-corrected chi connectivity index (χ4v) is 4.38. The highest BCUT2D eigenvalue weighted by Gasteiger charge is 2.14. The maximum atomic E-state index is 11.5. The van der Waals surface area contributed by atoms with Gasteiger partial charge in [0, 0.05) is 32.1 Å². The van der Waals surface area contributed by atoms with E-state index in [0.29, 0.717) is 13.2 Å². The molecule has 1 amide bonds. The van der Waals surface area contributed by atoms with E-state index in [1.54, 1.807) is 25.1 Å². The van der Waals surface area contributed by atoms with Crippen molar-refractivity contribution in [3.05, 3.63) is 108 Å². The second-order valence-electron chi connectivity index (χ2n) is 9.31. The van der Waals surface area contributed by atoms with E-state index in [-0.39, 0.29) is 5.91 Å². The quantitative estimate of drug-likeness (QED) is 0.141. The highest BCUT2D eigenvalue weighted by atomic mass is 16.5. The Morgan fingerprint density at radius 1 is 1.00 bits per heavy atom. The topological polar surface area (TPSA) is 70.2 Å². The van der Waals surface area contributed by atoms with Crippen LogP contribution in [0.4, 0.5) is 0 Å².